The van der Waals surface area contributed by atoms with Gasteiger partial charge in [-0.25, -0.2) is 0 Å². The molecule has 1 saturated carbocycles. The molecule has 1 aliphatic carbocycles. The maximum absolute atomic E-state index is 11.0. The zero-order valence-electron chi connectivity index (χ0n) is 12.1. The van der Waals surface area contributed by atoms with Crippen molar-refractivity contribution in [3.05, 3.63) is 24.3 Å². The molecule has 3 nitrogen and oxygen atoms in total. The van der Waals surface area contributed by atoms with Crippen LogP contribution in [0.25, 0.3) is 0 Å². The van der Waals surface area contributed by atoms with Crippen LogP contribution in [0.2, 0.25) is 0 Å². The molecule has 1 amide bonds. The first-order valence-electron chi connectivity index (χ1n) is 7.20. The lowest BCUT2D eigenvalue weighted by atomic mass is 9.78. The van der Waals surface area contributed by atoms with E-state index in [1.54, 1.807) is 0 Å². The fourth-order valence-corrected chi connectivity index (χ4v) is 3.01. The van der Waals surface area contributed by atoms with Crippen LogP contribution in [-0.2, 0) is 4.79 Å². The van der Waals surface area contributed by atoms with Crippen LogP contribution < -0.4 is 10.6 Å². The largest absolute Gasteiger partial charge is 0.382 e. The molecular weight excluding hydrogens is 236 g/mol. The van der Waals surface area contributed by atoms with Crippen LogP contribution in [0.1, 0.15) is 40.0 Å². The standard InChI is InChI=1S/C16H24N2O/c1-11-5-4-6-12(2)16(11)18-15-9-7-14(8-10-15)17-13(3)19/h7-12,16,18H,4-6H2,1-3H3,(H,17,19). The van der Waals surface area contributed by atoms with E-state index >= 15 is 0 Å². The third kappa shape index (κ3) is 3.72. The molecule has 0 heterocycles. The molecule has 1 aromatic carbocycles. The van der Waals surface area contributed by atoms with Crippen LogP contribution in [-0.4, -0.2) is 11.9 Å². The van der Waals surface area contributed by atoms with Crippen molar-refractivity contribution >= 4 is 17.3 Å². The Kier molecular flexibility index (Phi) is 4.46. The van der Waals surface area contributed by atoms with Gasteiger partial charge in [0.2, 0.25) is 5.91 Å². The number of carbonyl (C=O) groups excluding carboxylic acids is 1. The molecule has 0 saturated heterocycles. The van der Waals surface area contributed by atoms with E-state index in [0.717, 1.165) is 23.2 Å². The van der Waals surface area contributed by atoms with Gasteiger partial charge in [-0.3, -0.25) is 4.79 Å². The van der Waals surface area contributed by atoms with E-state index in [1.807, 2.05) is 24.3 Å². The number of hydrogen-bond acceptors (Lipinski definition) is 2. The molecule has 0 aliphatic heterocycles. The molecule has 2 unspecified atom stereocenters. The molecule has 2 rings (SSSR count). The Balaban J connectivity index is 2.00. The fourth-order valence-electron chi connectivity index (χ4n) is 3.01. The van der Waals surface area contributed by atoms with Crippen LogP contribution in [0, 0.1) is 11.8 Å². The molecule has 0 spiro atoms. The summed E-state index contributed by atoms with van der Waals surface area (Å²) in [4.78, 5) is 11.0. The lowest BCUT2D eigenvalue weighted by molar-refractivity contribution is -0.114. The minimum atomic E-state index is -0.0322. The number of benzene rings is 1. The summed E-state index contributed by atoms with van der Waals surface area (Å²) in [5, 5.41) is 6.43. The predicted octanol–water partition coefficient (Wildman–Crippen LogP) is 3.88. The minimum absolute atomic E-state index is 0.0322. The zero-order valence-corrected chi connectivity index (χ0v) is 12.1. The minimum Gasteiger partial charge on any atom is -0.382 e. The normalized spacial score (nSPS) is 26.8. The summed E-state index contributed by atoms with van der Waals surface area (Å²) in [5.41, 5.74) is 1.99. The Morgan fingerprint density at radius 1 is 1.05 bits per heavy atom. The second-order valence-corrected chi connectivity index (χ2v) is 5.81. The second-order valence-electron chi connectivity index (χ2n) is 5.81. The lowest BCUT2D eigenvalue weighted by Gasteiger charge is -2.36. The number of rotatable bonds is 3. The van der Waals surface area contributed by atoms with Gasteiger partial charge in [0.15, 0.2) is 0 Å². The van der Waals surface area contributed by atoms with Crippen molar-refractivity contribution in [2.45, 2.75) is 46.1 Å². The van der Waals surface area contributed by atoms with E-state index in [1.165, 1.54) is 26.2 Å². The van der Waals surface area contributed by atoms with Crippen LogP contribution >= 0.6 is 0 Å². The Bertz CT molecular complexity index is 417. The number of carbonyl (C=O) groups is 1. The molecule has 2 atom stereocenters. The van der Waals surface area contributed by atoms with Crippen molar-refractivity contribution in [3.8, 4) is 0 Å². The van der Waals surface area contributed by atoms with E-state index < -0.39 is 0 Å². The number of amides is 1. The first-order chi connectivity index (χ1) is 9.06. The first kappa shape index (κ1) is 13.9. The van der Waals surface area contributed by atoms with Gasteiger partial charge in [-0.2, -0.15) is 0 Å². The average Bonchev–Trinajstić information content (AvgIpc) is 2.35. The van der Waals surface area contributed by atoms with Gasteiger partial charge < -0.3 is 10.6 Å². The smallest absolute Gasteiger partial charge is 0.221 e. The van der Waals surface area contributed by atoms with Crippen molar-refractivity contribution in [3.63, 3.8) is 0 Å². The monoisotopic (exact) mass is 260 g/mol. The molecule has 1 aliphatic rings. The highest BCUT2D eigenvalue weighted by atomic mass is 16.1. The fraction of sp³-hybridized carbons (Fsp3) is 0.562. The predicted molar refractivity (Wildman–Crippen MR) is 80.3 cm³/mol. The van der Waals surface area contributed by atoms with E-state index in [9.17, 15) is 4.79 Å². The van der Waals surface area contributed by atoms with Gasteiger partial charge in [-0.05, 0) is 48.9 Å². The van der Waals surface area contributed by atoms with Crippen molar-refractivity contribution in [1.82, 2.24) is 0 Å². The summed E-state index contributed by atoms with van der Waals surface area (Å²) < 4.78 is 0. The highest BCUT2D eigenvalue weighted by Gasteiger charge is 2.27. The molecule has 1 aromatic rings. The van der Waals surface area contributed by atoms with Crippen LogP contribution in [0.15, 0.2) is 24.3 Å². The summed E-state index contributed by atoms with van der Waals surface area (Å²) in [6.07, 6.45) is 3.97. The zero-order chi connectivity index (χ0) is 13.8. The Hall–Kier alpha value is -1.51. The van der Waals surface area contributed by atoms with E-state index in [0.29, 0.717) is 6.04 Å². The molecule has 3 heteroatoms. The van der Waals surface area contributed by atoms with Crippen molar-refractivity contribution in [1.29, 1.82) is 0 Å². The van der Waals surface area contributed by atoms with Gasteiger partial charge in [0, 0.05) is 24.3 Å². The summed E-state index contributed by atoms with van der Waals surface area (Å²) in [6, 6.07) is 8.53. The molecule has 104 valence electrons. The highest BCUT2D eigenvalue weighted by Crippen LogP contribution is 2.31. The SMILES string of the molecule is CC(=O)Nc1ccc(NC2C(C)CCCC2C)cc1. The summed E-state index contributed by atoms with van der Waals surface area (Å²) in [6.45, 7) is 6.19. The lowest BCUT2D eigenvalue weighted by Crippen LogP contribution is -2.37. The van der Waals surface area contributed by atoms with Crippen molar-refractivity contribution in [2.75, 3.05) is 10.6 Å². The summed E-state index contributed by atoms with van der Waals surface area (Å²) >= 11 is 0. The molecule has 0 aromatic heterocycles. The van der Waals surface area contributed by atoms with Crippen molar-refractivity contribution in [2.24, 2.45) is 11.8 Å². The van der Waals surface area contributed by atoms with E-state index in [-0.39, 0.29) is 5.91 Å². The van der Waals surface area contributed by atoms with E-state index in [4.69, 9.17) is 0 Å². The van der Waals surface area contributed by atoms with Crippen molar-refractivity contribution < 1.29 is 4.79 Å². The van der Waals surface area contributed by atoms with Gasteiger partial charge in [0.25, 0.3) is 0 Å². The van der Waals surface area contributed by atoms with Crippen LogP contribution in [0.4, 0.5) is 11.4 Å². The van der Waals surface area contributed by atoms with E-state index in [2.05, 4.69) is 24.5 Å². The maximum Gasteiger partial charge on any atom is 0.221 e. The number of anilines is 2. The number of hydrogen-bond donors (Lipinski definition) is 2. The van der Waals surface area contributed by atoms with Crippen LogP contribution in [0.5, 0.6) is 0 Å². The van der Waals surface area contributed by atoms with Gasteiger partial charge >= 0.3 is 0 Å². The molecular formula is C16H24N2O. The average molecular weight is 260 g/mol. The van der Waals surface area contributed by atoms with Gasteiger partial charge in [-0.15, -0.1) is 0 Å². The molecule has 1 fully saturated rings. The topological polar surface area (TPSA) is 41.1 Å². The highest BCUT2D eigenvalue weighted by molar-refractivity contribution is 5.88. The molecule has 19 heavy (non-hydrogen) atoms. The first-order valence-corrected chi connectivity index (χ1v) is 7.20. The van der Waals surface area contributed by atoms with Crippen LogP contribution in [0.3, 0.4) is 0 Å². The Labute approximate surface area is 115 Å². The third-order valence-corrected chi connectivity index (χ3v) is 4.08. The molecule has 0 radical (unpaired) electrons. The quantitative estimate of drug-likeness (QED) is 0.866. The van der Waals surface area contributed by atoms with Gasteiger partial charge in [0.1, 0.15) is 0 Å². The summed E-state index contributed by atoms with van der Waals surface area (Å²) in [5.74, 6) is 1.41. The third-order valence-electron chi connectivity index (χ3n) is 4.08. The van der Waals surface area contributed by atoms with Gasteiger partial charge in [-0.1, -0.05) is 20.3 Å². The maximum atomic E-state index is 11.0. The molecule has 2 N–H and O–H groups in total. The second kappa shape index (κ2) is 6.09. The summed E-state index contributed by atoms with van der Waals surface area (Å²) in [7, 11) is 0. The Morgan fingerprint density at radius 2 is 1.58 bits per heavy atom. The Morgan fingerprint density at radius 3 is 2.11 bits per heavy atom. The van der Waals surface area contributed by atoms with Gasteiger partial charge in [0.05, 0.1) is 0 Å². The number of nitrogens with one attached hydrogen (secondary N) is 2. The molecule has 0 bridgehead atoms.